The van der Waals surface area contributed by atoms with Gasteiger partial charge in [-0.2, -0.15) is 0 Å². The van der Waals surface area contributed by atoms with Crippen LogP contribution in [0.1, 0.15) is 6.92 Å². The number of ether oxygens (including phenoxy) is 1. The fraction of sp³-hybridized carbons (Fsp3) is 0.600. The van der Waals surface area contributed by atoms with Crippen molar-refractivity contribution in [3.05, 3.63) is 0 Å². The predicted molar refractivity (Wildman–Crippen MR) is 38.3 cm³/mol. The summed E-state index contributed by atoms with van der Waals surface area (Å²) < 4.78 is 4.53. The van der Waals surface area contributed by atoms with E-state index in [1.54, 1.807) is 6.92 Å². The van der Waals surface area contributed by atoms with Gasteiger partial charge in [0.2, 0.25) is 0 Å². The van der Waals surface area contributed by atoms with Gasteiger partial charge in [-0.05, 0) is 6.92 Å². The molecular formula is C5H9NO2S. The summed E-state index contributed by atoms with van der Waals surface area (Å²) in [6.07, 6.45) is 0. The molecule has 0 aliphatic rings. The summed E-state index contributed by atoms with van der Waals surface area (Å²) in [6.45, 7) is 1.71. The SMILES string of the molecule is COCC(=O)NC(C)=S. The summed E-state index contributed by atoms with van der Waals surface area (Å²) in [6, 6.07) is 0. The van der Waals surface area contributed by atoms with Crippen molar-refractivity contribution in [1.82, 2.24) is 5.32 Å². The molecule has 1 N–H and O–H groups in total. The first-order valence-corrected chi connectivity index (χ1v) is 2.87. The highest BCUT2D eigenvalue weighted by atomic mass is 32.1. The predicted octanol–water partition coefficient (Wildman–Crippen LogP) is 0.0963. The molecule has 4 heteroatoms. The van der Waals surface area contributed by atoms with E-state index in [1.165, 1.54) is 7.11 Å². The number of methoxy groups -OCH3 is 1. The monoisotopic (exact) mass is 147 g/mol. The van der Waals surface area contributed by atoms with Gasteiger partial charge in [-0.15, -0.1) is 0 Å². The van der Waals surface area contributed by atoms with Gasteiger partial charge in [-0.1, -0.05) is 12.2 Å². The van der Waals surface area contributed by atoms with Crippen molar-refractivity contribution in [2.24, 2.45) is 0 Å². The fourth-order valence-electron chi connectivity index (χ4n) is 0.364. The van der Waals surface area contributed by atoms with Crippen LogP contribution in [0.2, 0.25) is 0 Å². The number of amides is 1. The first-order valence-electron chi connectivity index (χ1n) is 2.46. The number of hydrogen-bond donors (Lipinski definition) is 1. The molecule has 0 heterocycles. The number of hydrogen-bond acceptors (Lipinski definition) is 3. The third-order valence-electron chi connectivity index (χ3n) is 0.591. The van der Waals surface area contributed by atoms with Crippen LogP contribution in [0, 0.1) is 0 Å². The van der Waals surface area contributed by atoms with Gasteiger partial charge in [0.25, 0.3) is 5.91 Å². The highest BCUT2D eigenvalue weighted by Gasteiger charge is 1.97. The summed E-state index contributed by atoms with van der Waals surface area (Å²) in [7, 11) is 1.46. The number of carbonyl (C=O) groups excluding carboxylic acids is 1. The Bertz CT molecular complexity index is 124. The first kappa shape index (κ1) is 8.52. The van der Waals surface area contributed by atoms with E-state index in [-0.39, 0.29) is 12.5 Å². The number of carbonyl (C=O) groups is 1. The topological polar surface area (TPSA) is 38.3 Å². The Morgan fingerprint density at radius 3 is 2.67 bits per heavy atom. The lowest BCUT2D eigenvalue weighted by atomic mass is 10.6. The minimum Gasteiger partial charge on any atom is -0.375 e. The van der Waals surface area contributed by atoms with Gasteiger partial charge < -0.3 is 10.1 Å². The average Bonchev–Trinajstić information content (AvgIpc) is 1.63. The molecule has 0 spiro atoms. The molecule has 0 saturated heterocycles. The van der Waals surface area contributed by atoms with E-state index >= 15 is 0 Å². The molecule has 0 aromatic carbocycles. The molecule has 0 aliphatic carbocycles. The zero-order valence-electron chi connectivity index (χ0n) is 5.43. The smallest absolute Gasteiger partial charge is 0.250 e. The molecule has 0 saturated carbocycles. The maximum atomic E-state index is 10.5. The zero-order valence-corrected chi connectivity index (χ0v) is 6.25. The Morgan fingerprint density at radius 1 is 1.78 bits per heavy atom. The minimum absolute atomic E-state index is 0.0635. The van der Waals surface area contributed by atoms with Crippen LogP contribution < -0.4 is 5.32 Å². The van der Waals surface area contributed by atoms with E-state index in [4.69, 9.17) is 0 Å². The highest BCUT2D eigenvalue weighted by Crippen LogP contribution is 1.71. The lowest BCUT2D eigenvalue weighted by Gasteiger charge is -1.98. The van der Waals surface area contributed by atoms with Crippen molar-refractivity contribution in [1.29, 1.82) is 0 Å². The van der Waals surface area contributed by atoms with Gasteiger partial charge >= 0.3 is 0 Å². The molecule has 9 heavy (non-hydrogen) atoms. The third-order valence-corrected chi connectivity index (χ3v) is 0.693. The van der Waals surface area contributed by atoms with Crippen LogP contribution in [0.4, 0.5) is 0 Å². The Kier molecular flexibility index (Phi) is 4.17. The quantitative estimate of drug-likeness (QED) is 0.563. The molecule has 0 aromatic heterocycles. The molecule has 0 atom stereocenters. The van der Waals surface area contributed by atoms with Crippen molar-refractivity contribution in [3.63, 3.8) is 0 Å². The van der Waals surface area contributed by atoms with Gasteiger partial charge in [-0.3, -0.25) is 4.79 Å². The largest absolute Gasteiger partial charge is 0.375 e. The maximum Gasteiger partial charge on any atom is 0.250 e. The summed E-state index contributed by atoms with van der Waals surface area (Å²) >= 11 is 4.60. The molecule has 0 rings (SSSR count). The lowest BCUT2D eigenvalue weighted by molar-refractivity contribution is -0.123. The number of rotatable bonds is 2. The zero-order chi connectivity index (χ0) is 7.28. The fourth-order valence-corrected chi connectivity index (χ4v) is 0.477. The van der Waals surface area contributed by atoms with Gasteiger partial charge in [0, 0.05) is 7.11 Å². The normalized spacial score (nSPS) is 8.67. The van der Waals surface area contributed by atoms with Crippen LogP contribution in [-0.2, 0) is 9.53 Å². The second-order valence-electron chi connectivity index (χ2n) is 1.54. The van der Waals surface area contributed by atoms with Gasteiger partial charge in [0.15, 0.2) is 0 Å². The second kappa shape index (κ2) is 4.40. The van der Waals surface area contributed by atoms with Crippen LogP contribution in [0.25, 0.3) is 0 Å². The Labute approximate surface area is 59.4 Å². The van der Waals surface area contributed by atoms with Crippen LogP contribution in [0.3, 0.4) is 0 Å². The van der Waals surface area contributed by atoms with Crippen LogP contribution in [0.5, 0.6) is 0 Å². The molecule has 52 valence electrons. The molecule has 3 nitrogen and oxygen atoms in total. The van der Waals surface area contributed by atoms with Gasteiger partial charge in [-0.25, -0.2) is 0 Å². The van der Waals surface area contributed by atoms with Crippen molar-refractivity contribution in [3.8, 4) is 0 Å². The Morgan fingerprint density at radius 2 is 2.33 bits per heavy atom. The van der Waals surface area contributed by atoms with E-state index < -0.39 is 0 Å². The maximum absolute atomic E-state index is 10.5. The summed E-state index contributed by atoms with van der Waals surface area (Å²) in [4.78, 5) is 11.0. The molecule has 0 fully saturated rings. The lowest BCUT2D eigenvalue weighted by Crippen LogP contribution is -2.29. The molecule has 0 unspecified atom stereocenters. The minimum atomic E-state index is -0.204. The van der Waals surface area contributed by atoms with E-state index in [1.807, 2.05) is 0 Å². The third kappa shape index (κ3) is 5.39. The molecule has 1 amide bonds. The number of nitrogens with one attached hydrogen (secondary N) is 1. The second-order valence-corrected chi connectivity index (χ2v) is 2.15. The van der Waals surface area contributed by atoms with Crippen molar-refractivity contribution >= 4 is 23.1 Å². The van der Waals surface area contributed by atoms with Crippen LogP contribution in [-0.4, -0.2) is 24.6 Å². The van der Waals surface area contributed by atoms with Crippen LogP contribution in [0.15, 0.2) is 0 Å². The standard InChI is InChI=1S/C5H9NO2S/c1-4(9)6-5(7)3-8-2/h3H2,1-2H3,(H,6,7,9). The van der Waals surface area contributed by atoms with E-state index in [0.29, 0.717) is 4.99 Å². The highest BCUT2D eigenvalue weighted by molar-refractivity contribution is 7.80. The Hall–Kier alpha value is -0.480. The average molecular weight is 147 g/mol. The molecule has 0 bridgehead atoms. The number of thiocarbonyl (C=S) groups is 1. The molecule has 0 aliphatic heterocycles. The van der Waals surface area contributed by atoms with Crippen molar-refractivity contribution in [2.75, 3.05) is 13.7 Å². The van der Waals surface area contributed by atoms with E-state index in [0.717, 1.165) is 0 Å². The molecular weight excluding hydrogens is 138 g/mol. The molecule has 0 aromatic rings. The summed E-state index contributed by atoms with van der Waals surface area (Å²) in [5.41, 5.74) is 0. The van der Waals surface area contributed by atoms with Crippen LogP contribution >= 0.6 is 12.2 Å². The molecule has 0 radical (unpaired) electrons. The van der Waals surface area contributed by atoms with Gasteiger partial charge in [0.1, 0.15) is 6.61 Å². The summed E-state index contributed by atoms with van der Waals surface area (Å²) in [5, 5.41) is 2.41. The van der Waals surface area contributed by atoms with Crippen molar-refractivity contribution in [2.45, 2.75) is 6.92 Å². The van der Waals surface area contributed by atoms with E-state index in [2.05, 4.69) is 22.3 Å². The van der Waals surface area contributed by atoms with Gasteiger partial charge in [0.05, 0.1) is 4.99 Å². The first-order chi connectivity index (χ1) is 4.16. The Balaban J connectivity index is 3.39. The van der Waals surface area contributed by atoms with Crippen molar-refractivity contribution < 1.29 is 9.53 Å². The van der Waals surface area contributed by atoms with E-state index in [9.17, 15) is 4.79 Å². The summed E-state index contributed by atoms with van der Waals surface area (Å²) in [5.74, 6) is -0.204.